The summed E-state index contributed by atoms with van der Waals surface area (Å²) in [5.41, 5.74) is 0. The molecule has 0 aromatic carbocycles. The summed E-state index contributed by atoms with van der Waals surface area (Å²) in [6, 6.07) is 0. The molecule has 0 radical (unpaired) electrons. The van der Waals surface area contributed by atoms with E-state index in [1.807, 2.05) is 18.2 Å². The molecule has 0 aromatic heterocycles. The number of hydrogen-bond donors (Lipinski definition) is 5. The molecular weight excluding hydrogens is 815 g/mol. The van der Waals surface area contributed by atoms with Crippen LogP contribution in [0.1, 0.15) is 149 Å². The quantitative estimate of drug-likeness (QED) is 0.0170. The van der Waals surface area contributed by atoms with Crippen LogP contribution < -0.4 is 0 Å². The maximum Gasteiger partial charge on any atom is 0.472 e. The van der Waals surface area contributed by atoms with Crippen molar-refractivity contribution in [2.45, 2.75) is 173 Å². The maximum atomic E-state index is 12.7. The second-order valence-electron chi connectivity index (χ2n) is 15.9. The number of carbonyl (C=O) groups excluding carboxylic acids is 3. The van der Waals surface area contributed by atoms with Gasteiger partial charge in [0.2, 0.25) is 0 Å². The number of ether oxygens (including phenoxy) is 2. The van der Waals surface area contributed by atoms with Crippen LogP contribution in [0, 0.1) is 11.8 Å². The number of phosphoric ester groups is 1. The van der Waals surface area contributed by atoms with Crippen molar-refractivity contribution < 1.29 is 62.8 Å². The number of rotatable bonds is 38. The number of Topliss-reactive ketones (excluding diaryl/α,β-unsaturated/α-hetero) is 1. The third-order valence-corrected chi connectivity index (χ3v) is 11.2. The summed E-state index contributed by atoms with van der Waals surface area (Å²) in [6.07, 6.45) is 36.4. The normalized spacial score (nSPS) is 19.8. The van der Waals surface area contributed by atoms with Gasteiger partial charge in [0.1, 0.15) is 18.5 Å². The van der Waals surface area contributed by atoms with E-state index in [2.05, 4.69) is 60.9 Å². The molecular formula is C48H79O13P. The van der Waals surface area contributed by atoms with E-state index >= 15 is 0 Å². The van der Waals surface area contributed by atoms with Crippen molar-refractivity contribution >= 4 is 25.5 Å². The first kappa shape index (κ1) is 57.0. The minimum atomic E-state index is -4.71. The Bertz CT molecular complexity index is 1420. The Morgan fingerprint density at radius 1 is 0.726 bits per heavy atom. The lowest BCUT2D eigenvalue weighted by molar-refractivity contribution is -0.161. The van der Waals surface area contributed by atoms with E-state index in [4.69, 9.17) is 19.1 Å². The van der Waals surface area contributed by atoms with Gasteiger partial charge in [-0.2, -0.15) is 0 Å². The summed E-state index contributed by atoms with van der Waals surface area (Å²) < 4.78 is 32.7. The molecule has 1 saturated carbocycles. The van der Waals surface area contributed by atoms with Crippen LogP contribution in [0.15, 0.2) is 72.9 Å². The van der Waals surface area contributed by atoms with Gasteiger partial charge in [0.25, 0.3) is 0 Å². The lowest BCUT2D eigenvalue weighted by Crippen LogP contribution is -2.29. The number of unbranched alkanes of at least 4 members (excludes halogenated alkanes) is 8. The average molecular weight is 895 g/mol. The third kappa shape index (κ3) is 30.9. The van der Waals surface area contributed by atoms with Crippen molar-refractivity contribution in [1.29, 1.82) is 0 Å². The first-order valence-electron chi connectivity index (χ1n) is 23.0. The molecule has 1 rings (SSSR count). The van der Waals surface area contributed by atoms with E-state index in [0.717, 1.165) is 64.2 Å². The number of phosphoric acid groups is 1. The number of aliphatic hydroxyl groups is 4. The molecule has 0 bridgehead atoms. The maximum absolute atomic E-state index is 12.7. The van der Waals surface area contributed by atoms with Crippen molar-refractivity contribution in [3.05, 3.63) is 72.9 Å². The molecule has 1 aliphatic carbocycles. The molecule has 0 aromatic rings. The van der Waals surface area contributed by atoms with E-state index in [-0.39, 0.29) is 31.0 Å². The molecule has 1 fully saturated rings. The largest absolute Gasteiger partial charge is 0.472 e. The van der Waals surface area contributed by atoms with Crippen molar-refractivity contribution in [3.63, 3.8) is 0 Å². The average Bonchev–Trinajstić information content (AvgIpc) is 3.52. The van der Waals surface area contributed by atoms with Gasteiger partial charge < -0.3 is 34.8 Å². The predicted octanol–water partition coefficient (Wildman–Crippen LogP) is 9.03. The predicted molar refractivity (Wildman–Crippen MR) is 243 cm³/mol. The van der Waals surface area contributed by atoms with Crippen LogP contribution in [0.2, 0.25) is 0 Å². The second kappa shape index (κ2) is 37.4. The van der Waals surface area contributed by atoms with Gasteiger partial charge in [0, 0.05) is 25.2 Å². The van der Waals surface area contributed by atoms with Gasteiger partial charge in [-0.1, -0.05) is 138 Å². The van der Waals surface area contributed by atoms with Gasteiger partial charge in [-0.3, -0.25) is 23.4 Å². The van der Waals surface area contributed by atoms with Crippen LogP contribution in [0.4, 0.5) is 0 Å². The van der Waals surface area contributed by atoms with Crippen molar-refractivity contribution in [2.75, 3.05) is 26.4 Å². The van der Waals surface area contributed by atoms with Crippen LogP contribution in [-0.4, -0.2) is 93.9 Å². The molecule has 1 aliphatic rings. The fourth-order valence-electron chi connectivity index (χ4n) is 6.64. The molecule has 0 aliphatic heterocycles. The van der Waals surface area contributed by atoms with Gasteiger partial charge in [-0.25, -0.2) is 4.57 Å². The first-order valence-corrected chi connectivity index (χ1v) is 24.5. The Labute approximate surface area is 371 Å². The van der Waals surface area contributed by atoms with E-state index in [9.17, 15) is 39.2 Å². The zero-order valence-electron chi connectivity index (χ0n) is 37.5. The summed E-state index contributed by atoms with van der Waals surface area (Å²) in [4.78, 5) is 47.8. The molecule has 0 spiro atoms. The summed E-state index contributed by atoms with van der Waals surface area (Å²) >= 11 is 0. The summed E-state index contributed by atoms with van der Waals surface area (Å²) in [7, 11) is -4.71. The first-order chi connectivity index (χ1) is 29.9. The minimum absolute atomic E-state index is 0.0239. The number of hydrogen-bond acceptors (Lipinski definition) is 12. The molecule has 0 saturated heterocycles. The highest BCUT2D eigenvalue weighted by Crippen LogP contribution is 2.43. The fraction of sp³-hybridized carbons (Fsp3) is 0.688. The third-order valence-electron chi connectivity index (χ3n) is 10.3. The number of allylic oxidation sites excluding steroid dienone is 11. The SMILES string of the molecule is CCCCC/C=C\C/C=C\C/C=C\C/C=C\C/C=C\CCC(=O)OC[C@H](COP(=O)(O)OC[C@@H](O)CO)OC(=O)CCCCCC[C@H]1[C@@H](O)CC(=O)[C@@H]1/C=C/[C@@H](O)CCCCC. The fourth-order valence-corrected chi connectivity index (χ4v) is 7.43. The summed E-state index contributed by atoms with van der Waals surface area (Å²) in [5, 5.41) is 39.2. The van der Waals surface area contributed by atoms with E-state index in [1.54, 1.807) is 12.2 Å². The van der Waals surface area contributed by atoms with Crippen LogP contribution in [0.25, 0.3) is 0 Å². The summed E-state index contributed by atoms with van der Waals surface area (Å²) in [5.74, 6) is -1.85. The van der Waals surface area contributed by atoms with E-state index in [1.165, 1.54) is 19.3 Å². The topological polar surface area (TPSA) is 206 Å². The highest BCUT2D eigenvalue weighted by atomic mass is 31.2. The Balaban J connectivity index is 2.48. The molecule has 14 heteroatoms. The Morgan fingerprint density at radius 2 is 1.31 bits per heavy atom. The molecule has 5 N–H and O–H groups in total. The Hall–Kier alpha value is -3.00. The summed E-state index contributed by atoms with van der Waals surface area (Å²) in [6.45, 7) is 1.88. The highest BCUT2D eigenvalue weighted by molar-refractivity contribution is 7.47. The Kier molecular flexibility index (Phi) is 34.4. The number of aliphatic hydroxyl groups excluding tert-OH is 4. The smallest absolute Gasteiger partial charge is 0.462 e. The van der Waals surface area contributed by atoms with Gasteiger partial charge >= 0.3 is 19.8 Å². The molecule has 0 heterocycles. The highest BCUT2D eigenvalue weighted by Gasteiger charge is 2.39. The lowest BCUT2D eigenvalue weighted by atomic mass is 9.88. The molecule has 7 atom stereocenters. The van der Waals surface area contributed by atoms with Crippen LogP contribution in [-0.2, 0) is 37.5 Å². The van der Waals surface area contributed by atoms with Crippen molar-refractivity contribution in [1.82, 2.24) is 0 Å². The number of carbonyl (C=O) groups is 3. The second-order valence-corrected chi connectivity index (χ2v) is 17.3. The zero-order chi connectivity index (χ0) is 45.7. The van der Waals surface area contributed by atoms with Crippen molar-refractivity contribution in [3.8, 4) is 0 Å². The zero-order valence-corrected chi connectivity index (χ0v) is 38.4. The van der Waals surface area contributed by atoms with Crippen LogP contribution in [0.5, 0.6) is 0 Å². The molecule has 62 heavy (non-hydrogen) atoms. The molecule has 13 nitrogen and oxygen atoms in total. The van der Waals surface area contributed by atoms with Gasteiger partial charge in [-0.05, 0) is 70.1 Å². The standard InChI is InChI=1S/C48H79O13P/c1-3-5-7-8-9-10-11-12-13-14-15-16-17-18-19-20-21-22-27-31-47(54)58-38-42(39-60-62(56,57)59-37-41(51)36-49)61-48(55)32-28-24-23-26-30-43-44(46(53)35-45(43)52)34-33-40(50)29-25-6-4-2/h9-10,12-13,15-16,18-19,21-22,33-34,40-45,49-52H,3-8,11,14,17,20,23-32,35-39H2,1-2H3,(H,56,57)/b10-9-,13-12-,16-15-,19-18-,22-21-,34-33+/t40-,41-,42+,43+,44+,45-/m0/s1. The van der Waals surface area contributed by atoms with Gasteiger partial charge in [0.05, 0.1) is 32.0 Å². The number of ketones is 1. The van der Waals surface area contributed by atoms with Gasteiger partial charge in [-0.15, -0.1) is 0 Å². The molecule has 0 amide bonds. The van der Waals surface area contributed by atoms with E-state index in [0.29, 0.717) is 32.1 Å². The minimum Gasteiger partial charge on any atom is -0.462 e. The van der Waals surface area contributed by atoms with E-state index < -0.39 is 76.5 Å². The van der Waals surface area contributed by atoms with Crippen LogP contribution >= 0.6 is 7.82 Å². The van der Waals surface area contributed by atoms with Crippen molar-refractivity contribution in [2.24, 2.45) is 11.8 Å². The molecule has 354 valence electrons. The molecule has 1 unspecified atom stereocenters. The number of esters is 2. The van der Waals surface area contributed by atoms with Crippen LogP contribution in [0.3, 0.4) is 0 Å². The Morgan fingerprint density at radius 3 is 1.94 bits per heavy atom. The lowest BCUT2D eigenvalue weighted by Gasteiger charge is -2.20. The monoisotopic (exact) mass is 895 g/mol. The van der Waals surface area contributed by atoms with Gasteiger partial charge in [0.15, 0.2) is 6.10 Å².